The van der Waals surface area contributed by atoms with Gasteiger partial charge in [0.15, 0.2) is 0 Å². The Balaban J connectivity index is 0.00000363. The van der Waals surface area contributed by atoms with E-state index in [4.69, 9.17) is 11.6 Å². The first kappa shape index (κ1) is 26.3. The van der Waals surface area contributed by atoms with Crippen LogP contribution in [0.5, 0.6) is 0 Å². The molecule has 11 heteroatoms. The standard InChI is InChI=1S/C21H19ClF6N2O.ClH/c1-30(18-5-6-29-11-17(18)12-3-2-4-16(22)9-12)19(31)13-7-14(20(23,24)25)10-15(8-13)21(26,27)28;/h2-4,7-10,17-18,29H,5-6,11H2,1H3;1H. The third-order valence-electron chi connectivity index (χ3n) is 5.37. The van der Waals surface area contributed by atoms with Crippen LogP contribution in [-0.2, 0) is 12.4 Å². The Kier molecular flexibility index (Phi) is 8.12. The number of nitrogens with zero attached hydrogens (tertiary/aromatic N) is 1. The van der Waals surface area contributed by atoms with E-state index >= 15 is 0 Å². The molecule has 0 aromatic heterocycles. The smallest absolute Gasteiger partial charge is 0.338 e. The van der Waals surface area contributed by atoms with Gasteiger partial charge in [0.1, 0.15) is 0 Å². The Labute approximate surface area is 192 Å². The molecule has 2 aromatic rings. The van der Waals surface area contributed by atoms with Gasteiger partial charge in [-0.2, -0.15) is 26.3 Å². The number of piperidine rings is 1. The highest BCUT2D eigenvalue weighted by Crippen LogP contribution is 2.37. The molecule has 1 aliphatic heterocycles. The summed E-state index contributed by atoms with van der Waals surface area (Å²) in [5, 5.41) is 3.69. The van der Waals surface area contributed by atoms with Crippen molar-refractivity contribution in [3.63, 3.8) is 0 Å². The van der Waals surface area contributed by atoms with Gasteiger partial charge in [-0.05, 0) is 48.9 Å². The fourth-order valence-electron chi connectivity index (χ4n) is 3.82. The zero-order chi connectivity index (χ0) is 23.0. The zero-order valence-corrected chi connectivity index (χ0v) is 18.3. The number of carbonyl (C=O) groups is 1. The number of hydrogen-bond donors (Lipinski definition) is 1. The SMILES string of the molecule is CN(C(=O)c1cc(C(F)(F)F)cc(C(F)(F)F)c1)C1CCNCC1c1cccc(Cl)c1.Cl. The lowest BCUT2D eigenvalue weighted by Crippen LogP contribution is -2.49. The largest absolute Gasteiger partial charge is 0.416 e. The van der Waals surface area contributed by atoms with Crippen molar-refractivity contribution in [3.8, 4) is 0 Å². The highest BCUT2D eigenvalue weighted by atomic mass is 35.5. The minimum absolute atomic E-state index is 0. The third-order valence-corrected chi connectivity index (χ3v) is 5.61. The normalized spacial score (nSPS) is 19.2. The molecule has 2 aromatic carbocycles. The van der Waals surface area contributed by atoms with Crippen molar-refractivity contribution >= 4 is 29.9 Å². The lowest BCUT2D eigenvalue weighted by molar-refractivity contribution is -0.143. The van der Waals surface area contributed by atoms with Gasteiger partial charge in [0.05, 0.1) is 11.1 Å². The summed E-state index contributed by atoms with van der Waals surface area (Å²) in [7, 11) is 1.39. The molecular formula is C21H20Cl2F6N2O. The van der Waals surface area contributed by atoms with Crippen LogP contribution in [0, 0.1) is 0 Å². The summed E-state index contributed by atoms with van der Waals surface area (Å²) in [6.07, 6.45) is -9.57. The number of rotatable bonds is 3. The van der Waals surface area contributed by atoms with Gasteiger partial charge in [0.2, 0.25) is 0 Å². The topological polar surface area (TPSA) is 32.3 Å². The Morgan fingerprint density at radius 1 is 1.03 bits per heavy atom. The molecule has 1 heterocycles. The van der Waals surface area contributed by atoms with Crippen molar-refractivity contribution in [2.75, 3.05) is 20.1 Å². The van der Waals surface area contributed by atoms with Crippen LogP contribution < -0.4 is 5.32 Å². The van der Waals surface area contributed by atoms with Gasteiger partial charge in [-0.15, -0.1) is 12.4 Å². The number of benzene rings is 2. The minimum atomic E-state index is -5.02. The lowest BCUT2D eigenvalue weighted by Gasteiger charge is -2.39. The van der Waals surface area contributed by atoms with Crippen molar-refractivity contribution in [1.82, 2.24) is 10.2 Å². The van der Waals surface area contributed by atoms with Crippen LogP contribution in [0.4, 0.5) is 26.3 Å². The molecule has 1 amide bonds. The van der Waals surface area contributed by atoms with Gasteiger partial charge in [-0.3, -0.25) is 4.79 Å². The number of amides is 1. The van der Waals surface area contributed by atoms with Crippen LogP contribution in [0.3, 0.4) is 0 Å². The van der Waals surface area contributed by atoms with Crippen LogP contribution in [0.1, 0.15) is 39.4 Å². The summed E-state index contributed by atoms with van der Waals surface area (Å²) in [4.78, 5) is 14.2. The molecule has 1 aliphatic rings. The van der Waals surface area contributed by atoms with Crippen molar-refractivity contribution in [1.29, 1.82) is 0 Å². The van der Waals surface area contributed by atoms with E-state index in [2.05, 4.69) is 5.32 Å². The number of nitrogens with one attached hydrogen (secondary N) is 1. The molecule has 0 spiro atoms. The molecule has 3 nitrogen and oxygen atoms in total. The summed E-state index contributed by atoms with van der Waals surface area (Å²) < 4.78 is 79.0. The summed E-state index contributed by atoms with van der Waals surface area (Å²) in [6, 6.07) is 7.48. The van der Waals surface area contributed by atoms with E-state index in [0.29, 0.717) is 36.7 Å². The van der Waals surface area contributed by atoms with Crippen LogP contribution in [0.25, 0.3) is 0 Å². The summed E-state index contributed by atoms with van der Waals surface area (Å²) in [5.41, 5.74) is -2.87. The maximum Gasteiger partial charge on any atom is 0.416 e. The van der Waals surface area contributed by atoms with Crippen molar-refractivity contribution in [2.24, 2.45) is 0 Å². The number of likely N-dealkylation sites (N-methyl/N-ethyl adjacent to an activating group) is 1. The second-order valence-electron chi connectivity index (χ2n) is 7.43. The molecule has 1 fully saturated rings. The number of hydrogen-bond acceptors (Lipinski definition) is 2. The summed E-state index contributed by atoms with van der Waals surface area (Å²) in [5.74, 6) is -1.13. The highest BCUT2D eigenvalue weighted by molar-refractivity contribution is 6.30. The average Bonchev–Trinajstić information content (AvgIpc) is 2.71. The van der Waals surface area contributed by atoms with E-state index in [1.54, 1.807) is 18.2 Å². The fraction of sp³-hybridized carbons (Fsp3) is 0.381. The molecule has 0 bridgehead atoms. The molecule has 2 atom stereocenters. The maximum atomic E-state index is 13.2. The first-order valence-corrected chi connectivity index (χ1v) is 9.78. The molecule has 0 saturated carbocycles. The summed E-state index contributed by atoms with van der Waals surface area (Å²) in [6.45, 7) is 1.04. The van der Waals surface area contributed by atoms with E-state index in [9.17, 15) is 31.1 Å². The van der Waals surface area contributed by atoms with Gasteiger partial charge >= 0.3 is 12.4 Å². The van der Waals surface area contributed by atoms with Gasteiger partial charge < -0.3 is 10.2 Å². The van der Waals surface area contributed by atoms with Crippen LogP contribution in [0.15, 0.2) is 42.5 Å². The Morgan fingerprint density at radius 2 is 1.62 bits per heavy atom. The first-order chi connectivity index (χ1) is 14.4. The molecule has 0 radical (unpaired) electrons. The number of halogens is 8. The average molecular weight is 501 g/mol. The second-order valence-corrected chi connectivity index (χ2v) is 7.87. The van der Waals surface area contributed by atoms with Crippen LogP contribution in [0.2, 0.25) is 5.02 Å². The molecule has 176 valence electrons. The molecule has 1 saturated heterocycles. The van der Waals surface area contributed by atoms with Gasteiger partial charge in [0, 0.05) is 36.1 Å². The van der Waals surface area contributed by atoms with E-state index in [-0.39, 0.29) is 24.4 Å². The third kappa shape index (κ3) is 5.88. The Hall–Kier alpha value is -1.97. The molecule has 1 N–H and O–H groups in total. The van der Waals surface area contributed by atoms with E-state index in [1.807, 2.05) is 6.07 Å². The predicted octanol–water partition coefficient (Wildman–Crippen LogP) is 6.02. The van der Waals surface area contributed by atoms with E-state index in [1.165, 1.54) is 11.9 Å². The predicted molar refractivity (Wildman–Crippen MR) is 111 cm³/mol. The molecule has 2 unspecified atom stereocenters. The Morgan fingerprint density at radius 3 is 2.16 bits per heavy atom. The first-order valence-electron chi connectivity index (χ1n) is 9.41. The lowest BCUT2D eigenvalue weighted by atomic mass is 9.85. The zero-order valence-electron chi connectivity index (χ0n) is 16.7. The number of carbonyl (C=O) groups excluding carboxylic acids is 1. The fourth-order valence-corrected chi connectivity index (χ4v) is 4.02. The van der Waals surface area contributed by atoms with Crippen molar-refractivity contribution in [3.05, 3.63) is 69.7 Å². The quantitative estimate of drug-likeness (QED) is 0.522. The minimum Gasteiger partial charge on any atom is -0.338 e. The van der Waals surface area contributed by atoms with Gasteiger partial charge in [0.25, 0.3) is 5.91 Å². The summed E-state index contributed by atoms with van der Waals surface area (Å²) >= 11 is 6.06. The van der Waals surface area contributed by atoms with Crippen LogP contribution >= 0.6 is 24.0 Å². The van der Waals surface area contributed by atoms with Crippen LogP contribution in [-0.4, -0.2) is 37.0 Å². The highest BCUT2D eigenvalue weighted by Gasteiger charge is 2.39. The van der Waals surface area contributed by atoms with Crippen molar-refractivity contribution < 1.29 is 31.1 Å². The van der Waals surface area contributed by atoms with Gasteiger partial charge in [-0.1, -0.05) is 23.7 Å². The monoisotopic (exact) mass is 500 g/mol. The van der Waals surface area contributed by atoms with Gasteiger partial charge in [-0.25, -0.2) is 0 Å². The molecule has 0 aliphatic carbocycles. The Bertz CT molecular complexity index is 932. The second kappa shape index (κ2) is 9.89. The van der Waals surface area contributed by atoms with E-state index < -0.39 is 41.0 Å². The molecule has 3 rings (SSSR count). The van der Waals surface area contributed by atoms with Crippen molar-refractivity contribution in [2.45, 2.75) is 30.7 Å². The number of alkyl halides is 6. The maximum absolute atomic E-state index is 13.2. The molecular weight excluding hydrogens is 481 g/mol. The molecule has 32 heavy (non-hydrogen) atoms. The van der Waals surface area contributed by atoms with E-state index in [0.717, 1.165) is 5.56 Å².